The van der Waals surface area contributed by atoms with E-state index in [1.165, 1.54) is 0 Å². The predicted molar refractivity (Wildman–Crippen MR) is 135 cm³/mol. The maximum Gasteiger partial charge on any atom is 0.294 e. The molecule has 0 aliphatic carbocycles. The third kappa shape index (κ3) is 6.23. The van der Waals surface area contributed by atoms with Gasteiger partial charge in [0.15, 0.2) is 6.61 Å². The number of amides is 4. The van der Waals surface area contributed by atoms with E-state index in [0.29, 0.717) is 30.1 Å². The molecule has 35 heavy (non-hydrogen) atoms. The fourth-order valence-electron chi connectivity index (χ4n) is 3.78. The SMILES string of the molecule is Cc1cccc(NC(=O)COc2ccc(/C=C3\SC(=O)N(CC(=O)N4CCCC4)C3=O)cc2Cl)c1. The molecule has 0 unspecified atom stereocenters. The van der Waals surface area contributed by atoms with Crippen molar-refractivity contribution < 1.29 is 23.9 Å². The first kappa shape index (κ1) is 24.8. The smallest absolute Gasteiger partial charge is 0.294 e. The summed E-state index contributed by atoms with van der Waals surface area (Å²) in [6.45, 7) is 2.77. The van der Waals surface area contributed by atoms with Crippen LogP contribution in [0.4, 0.5) is 10.5 Å². The van der Waals surface area contributed by atoms with Crippen LogP contribution >= 0.6 is 23.4 Å². The maximum atomic E-state index is 12.7. The topological polar surface area (TPSA) is 96.0 Å². The Morgan fingerprint density at radius 1 is 1.14 bits per heavy atom. The molecule has 2 aromatic carbocycles. The fraction of sp³-hybridized carbons (Fsp3) is 0.280. The van der Waals surface area contributed by atoms with Crippen LogP contribution in [0.2, 0.25) is 5.02 Å². The zero-order valence-corrected chi connectivity index (χ0v) is 20.7. The molecule has 182 valence electrons. The van der Waals surface area contributed by atoms with Crippen LogP contribution < -0.4 is 10.1 Å². The number of anilines is 1. The second-order valence-electron chi connectivity index (χ2n) is 8.25. The van der Waals surface area contributed by atoms with Gasteiger partial charge in [0, 0.05) is 18.8 Å². The number of likely N-dealkylation sites (tertiary alicyclic amines) is 1. The molecule has 0 saturated carbocycles. The number of ether oxygens (including phenoxy) is 1. The average Bonchev–Trinajstić information content (AvgIpc) is 3.44. The van der Waals surface area contributed by atoms with Crippen LogP contribution in [0.25, 0.3) is 6.08 Å². The Hall–Kier alpha value is -3.30. The summed E-state index contributed by atoms with van der Waals surface area (Å²) >= 11 is 7.10. The lowest BCUT2D eigenvalue weighted by molar-refractivity contribution is -0.135. The van der Waals surface area contributed by atoms with Crippen molar-refractivity contribution in [1.82, 2.24) is 9.80 Å². The molecule has 2 saturated heterocycles. The van der Waals surface area contributed by atoms with E-state index < -0.39 is 11.1 Å². The largest absolute Gasteiger partial charge is 0.482 e. The van der Waals surface area contributed by atoms with Gasteiger partial charge in [-0.15, -0.1) is 0 Å². The van der Waals surface area contributed by atoms with Crippen molar-refractivity contribution in [2.45, 2.75) is 19.8 Å². The zero-order chi connectivity index (χ0) is 24.9. The first-order chi connectivity index (χ1) is 16.8. The Bertz CT molecular complexity index is 1210. The molecule has 2 heterocycles. The fourth-order valence-corrected chi connectivity index (χ4v) is 4.86. The van der Waals surface area contributed by atoms with Crippen LogP contribution in [0, 0.1) is 6.92 Å². The van der Waals surface area contributed by atoms with Crippen molar-refractivity contribution >= 4 is 58.1 Å². The van der Waals surface area contributed by atoms with E-state index in [0.717, 1.165) is 35.1 Å². The van der Waals surface area contributed by atoms with Crippen LogP contribution in [0.15, 0.2) is 47.4 Å². The second-order valence-corrected chi connectivity index (χ2v) is 9.65. The Morgan fingerprint density at radius 3 is 2.63 bits per heavy atom. The standard InChI is InChI=1S/C25H24ClN3O5S/c1-16-5-4-6-18(11-16)27-22(30)15-34-20-8-7-17(12-19(20)26)13-21-24(32)29(25(33)35-21)14-23(31)28-9-2-3-10-28/h4-8,11-13H,2-3,9-10,14-15H2,1H3,(H,27,30)/b21-13-. The van der Waals surface area contributed by atoms with Crippen molar-refractivity contribution in [3.05, 3.63) is 63.5 Å². The minimum Gasteiger partial charge on any atom is -0.482 e. The number of halogens is 1. The molecule has 0 radical (unpaired) electrons. The van der Waals surface area contributed by atoms with Crippen molar-refractivity contribution in [3.63, 3.8) is 0 Å². The Kier molecular flexibility index (Phi) is 7.77. The monoisotopic (exact) mass is 513 g/mol. The van der Waals surface area contributed by atoms with E-state index in [2.05, 4.69) is 5.32 Å². The van der Waals surface area contributed by atoms with Gasteiger partial charge in [0.25, 0.3) is 17.1 Å². The molecule has 1 N–H and O–H groups in total. The van der Waals surface area contributed by atoms with Crippen LogP contribution in [0.5, 0.6) is 5.75 Å². The van der Waals surface area contributed by atoms with Gasteiger partial charge in [0.05, 0.1) is 9.93 Å². The summed E-state index contributed by atoms with van der Waals surface area (Å²) < 4.78 is 5.53. The Labute approximate surface area is 212 Å². The van der Waals surface area contributed by atoms with Crippen molar-refractivity contribution in [3.8, 4) is 5.75 Å². The van der Waals surface area contributed by atoms with E-state index in [-0.39, 0.29) is 34.9 Å². The lowest BCUT2D eigenvalue weighted by Crippen LogP contribution is -2.40. The zero-order valence-electron chi connectivity index (χ0n) is 19.1. The summed E-state index contributed by atoms with van der Waals surface area (Å²) in [5.74, 6) is -0.737. The summed E-state index contributed by atoms with van der Waals surface area (Å²) in [7, 11) is 0. The van der Waals surface area contributed by atoms with Gasteiger partial charge in [0.1, 0.15) is 12.3 Å². The molecule has 0 aromatic heterocycles. The van der Waals surface area contributed by atoms with E-state index in [1.54, 1.807) is 35.2 Å². The van der Waals surface area contributed by atoms with E-state index in [4.69, 9.17) is 16.3 Å². The van der Waals surface area contributed by atoms with Crippen LogP contribution in [0.1, 0.15) is 24.0 Å². The van der Waals surface area contributed by atoms with Gasteiger partial charge < -0.3 is 15.0 Å². The molecular formula is C25H24ClN3O5S. The summed E-state index contributed by atoms with van der Waals surface area (Å²) in [5, 5.41) is 2.54. The highest BCUT2D eigenvalue weighted by Crippen LogP contribution is 2.34. The summed E-state index contributed by atoms with van der Waals surface area (Å²) in [4.78, 5) is 52.4. The molecule has 8 nitrogen and oxygen atoms in total. The minimum absolute atomic E-state index is 0.214. The van der Waals surface area contributed by atoms with Gasteiger partial charge in [-0.25, -0.2) is 0 Å². The van der Waals surface area contributed by atoms with Gasteiger partial charge in [-0.1, -0.05) is 29.8 Å². The number of aryl methyl sites for hydroxylation is 1. The molecule has 2 fully saturated rings. The number of nitrogens with zero attached hydrogens (tertiary/aromatic N) is 2. The van der Waals surface area contributed by atoms with Gasteiger partial charge in [-0.3, -0.25) is 24.1 Å². The highest BCUT2D eigenvalue weighted by atomic mass is 35.5. The maximum absolute atomic E-state index is 12.7. The van der Waals surface area contributed by atoms with Crippen molar-refractivity contribution in [1.29, 1.82) is 0 Å². The molecule has 2 aliphatic heterocycles. The number of rotatable bonds is 7. The first-order valence-electron chi connectivity index (χ1n) is 11.1. The number of thioether (sulfide) groups is 1. The molecule has 0 atom stereocenters. The van der Waals surface area contributed by atoms with Gasteiger partial charge in [0.2, 0.25) is 5.91 Å². The molecule has 2 aliphatic rings. The van der Waals surface area contributed by atoms with Gasteiger partial charge in [-0.2, -0.15) is 0 Å². The van der Waals surface area contributed by atoms with E-state index in [9.17, 15) is 19.2 Å². The molecular weight excluding hydrogens is 490 g/mol. The van der Waals surface area contributed by atoms with E-state index >= 15 is 0 Å². The van der Waals surface area contributed by atoms with E-state index in [1.807, 2.05) is 25.1 Å². The lowest BCUT2D eigenvalue weighted by Gasteiger charge is -2.18. The number of hydrogen-bond donors (Lipinski definition) is 1. The molecule has 2 aromatic rings. The number of nitrogens with one attached hydrogen (secondary N) is 1. The molecule has 4 amide bonds. The van der Waals surface area contributed by atoms with Gasteiger partial charge >= 0.3 is 0 Å². The first-order valence-corrected chi connectivity index (χ1v) is 12.3. The third-order valence-corrected chi connectivity index (χ3v) is 6.74. The van der Waals surface area contributed by atoms with Crippen molar-refractivity contribution in [2.24, 2.45) is 0 Å². The van der Waals surface area contributed by atoms with Crippen LogP contribution in [0.3, 0.4) is 0 Å². The summed E-state index contributed by atoms with van der Waals surface area (Å²) in [5.41, 5.74) is 2.29. The summed E-state index contributed by atoms with van der Waals surface area (Å²) in [6, 6.07) is 12.3. The Balaban J connectivity index is 1.35. The number of benzene rings is 2. The second kappa shape index (κ2) is 11.0. The molecule has 10 heteroatoms. The van der Waals surface area contributed by atoms with Crippen LogP contribution in [-0.2, 0) is 14.4 Å². The number of imide groups is 1. The quantitative estimate of drug-likeness (QED) is 0.554. The molecule has 4 rings (SSSR count). The number of hydrogen-bond acceptors (Lipinski definition) is 6. The van der Waals surface area contributed by atoms with Crippen molar-refractivity contribution in [2.75, 3.05) is 31.6 Å². The highest BCUT2D eigenvalue weighted by Gasteiger charge is 2.37. The van der Waals surface area contributed by atoms with Crippen LogP contribution in [-0.4, -0.2) is 59.0 Å². The summed E-state index contributed by atoms with van der Waals surface area (Å²) in [6.07, 6.45) is 3.42. The third-order valence-electron chi connectivity index (χ3n) is 5.54. The highest BCUT2D eigenvalue weighted by molar-refractivity contribution is 8.18. The number of carbonyl (C=O) groups is 4. The molecule has 0 bridgehead atoms. The lowest BCUT2D eigenvalue weighted by atomic mass is 10.2. The Morgan fingerprint density at radius 2 is 1.91 bits per heavy atom. The van der Waals surface area contributed by atoms with Gasteiger partial charge in [-0.05, 0) is 73.0 Å². The number of carbonyl (C=O) groups excluding carboxylic acids is 4. The minimum atomic E-state index is -0.503. The predicted octanol–water partition coefficient (Wildman–Crippen LogP) is 4.32. The normalized spacial score (nSPS) is 16.8. The average molecular weight is 514 g/mol. The molecule has 0 spiro atoms.